The molecule has 3 atom stereocenters. The number of carbonyl (C=O) groups is 1. The predicted molar refractivity (Wildman–Crippen MR) is 304 cm³/mol. The van der Waals surface area contributed by atoms with E-state index in [2.05, 4.69) is 67.8 Å². The molecule has 0 aliphatic carbocycles. The van der Waals surface area contributed by atoms with Crippen molar-refractivity contribution in [3.8, 4) is 0 Å². The fraction of sp³-hybridized carbons (Fsp3) is 0.820. The van der Waals surface area contributed by atoms with E-state index in [1.807, 2.05) is 27.2 Å². The van der Waals surface area contributed by atoms with E-state index in [4.69, 9.17) is 9.05 Å². The highest BCUT2D eigenvalue weighted by molar-refractivity contribution is 7.47. The summed E-state index contributed by atoms with van der Waals surface area (Å²) in [6.07, 6.45) is 70.7. The molecule has 0 aromatic rings. The van der Waals surface area contributed by atoms with Crippen LogP contribution < -0.4 is 5.32 Å². The summed E-state index contributed by atoms with van der Waals surface area (Å²) in [7, 11) is 1.55. The molecule has 0 aromatic carbocycles. The van der Waals surface area contributed by atoms with Crippen LogP contribution in [0.2, 0.25) is 0 Å². The number of allylic oxidation sites excluding steroid dienone is 9. The third-order valence-corrected chi connectivity index (χ3v) is 14.2. The first-order valence-corrected chi connectivity index (χ1v) is 31.2. The Bertz CT molecular complexity index is 1320. The van der Waals surface area contributed by atoms with Crippen molar-refractivity contribution in [2.45, 2.75) is 283 Å². The molecule has 0 spiro atoms. The molecule has 0 saturated heterocycles. The van der Waals surface area contributed by atoms with Crippen molar-refractivity contribution in [3.63, 3.8) is 0 Å². The van der Waals surface area contributed by atoms with Crippen molar-refractivity contribution >= 4 is 13.7 Å². The van der Waals surface area contributed by atoms with Crippen molar-refractivity contribution < 1.29 is 32.9 Å². The van der Waals surface area contributed by atoms with Gasteiger partial charge in [-0.3, -0.25) is 13.8 Å². The number of hydrogen-bond acceptors (Lipinski definition) is 5. The summed E-state index contributed by atoms with van der Waals surface area (Å²) in [5.41, 5.74) is 0. The Kier molecular flexibility index (Phi) is 50.7. The van der Waals surface area contributed by atoms with Crippen LogP contribution in [0.15, 0.2) is 60.8 Å². The first-order chi connectivity index (χ1) is 34.0. The smallest absolute Gasteiger partial charge is 0.387 e. The average molecular weight is 1000 g/mol. The van der Waals surface area contributed by atoms with Crippen molar-refractivity contribution in [1.29, 1.82) is 0 Å². The molecule has 0 rings (SSSR count). The second-order valence-corrected chi connectivity index (χ2v) is 22.8. The Morgan fingerprint density at radius 3 is 1.26 bits per heavy atom. The van der Waals surface area contributed by atoms with E-state index >= 15 is 0 Å². The van der Waals surface area contributed by atoms with Crippen molar-refractivity contribution in [3.05, 3.63) is 60.8 Å². The largest absolute Gasteiger partial charge is 0.472 e. The van der Waals surface area contributed by atoms with Gasteiger partial charge in [-0.05, 0) is 77.0 Å². The van der Waals surface area contributed by atoms with Crippen LogP contribution in [0.5, 0.6) is 0 Å². The summed E-state index contributed by atoms with van der Waals surface area (Å²) in [6.45, 7) is 4.75. The van der Waals surface area contributed by atoms with Gasteiger partial charge in [0.25, 0.3) is 0 Å². The zero-order chi connectivity index (χ0) is 51.3. The van der Waals surface area contributed by atoms with Crippen LogP contribution in [-0.4, -0.2) is 73.4 Å². The number of quaternary nitrogens is 1. The summed E-state index contributed by atoms with van der Waals surface area (Å²) in [5.74, 6) is -0.189. The molecule has 0 aliphatic rings. The lowest BCUT2D eigenvalue weighted by Crippen LogP contribution is -2.45. The summed E-state index contributed by atoms with van der Waals surface area (Å²) in [5, 5.41) is 13.9. The lowest BCUT2D eigenvalue weighted by molar-refractivity contribution is -0.870. The quantitative estimate of drug-likeness (QED) is 0.0243. The van der Waals surface area contributed by atoms with E-state index in [1.165, 1.54) is 193 Å². The lowest BCUT2D eigenvalue weighted by atomic mass is 10.0. The third-order valence-electron chi connectivity index (χ3n) is 13.2. The number of nitrogens with zero attached hydrogens (tertiary/aromatic N) is 1. The van der Waals surface area contributed by atoms with Crippen LogP contribution in [0, 0.1) is 0 Å². The maximum absolute atomic E-state index is 12.9. The molecule has 0 radical (unpaired) electrons. The number of phosphoric acid groups is 1. The van der Waals surface area contributed by atoms with Crippen molar-refractivity contribution in [2.75, 3.05) is 40.9 Å². The molecule has 0 saturated carbocycles. The Morgan fingerprint density at radius 2 is 0.829 bits per heavy atom. The van der Waals surface area contributed by atoms with Gasteiger partial charge in [-0.2, -0.15) is 0 Å². The molecule has 9 heteroatoms. The first-order valence-electron chi connectivity index (χ1n) is 29.7. The highest BCUT2D eigenvalue weighted by Crippen LogP contribution is 2.43. The van der Waals surface area contributed by atoms with Crippen LogP contribution >= 0.6 is 7.82 Å². The highest BCUT2D eigenvalue weighted by atomic mass is 31.2. The van der Waals surface area contributed by atoms with Crippen molar-refractivity contribution in [1.82, 2.24) is 5.32 Å². The molecule has 410 valence electrons. The monoisotopic (exact) mass is 1000 g/mol. The molecule has 0 fully saturated rings. The fourth-order valence-corrected chi connectivity index (χ4v) is 9.25. The lowest BCUT2D eigenvalue weighted by Gasteiger charge is -2.25. The molecule has 0 heterocycles. The van der Waals surface area contributed by atoms with Gasteiger partial charge in [0, 0.05) is 6.42 Å². The van der Waals surface area contributed by atoms with Gasteiger partial charge in [0.05, 0.1) is 39.9 Å². The van der Waals surface area contributed by atoms with Gasteiger partial charge in [-0.1, -0.05) is 248 Å². The van der Waals surface area contributed by atoms with E-state index in [1.54, 1.807) is 6.08 Å². The van der Waals surface area contributed by atoms with Crippen molar-refractivity contribution in [2.24, 2.45) is 0 Å². The SMILES string of the molecule is CCCCC/C=C/CC/C=C/CC/C=C/C(O)C(COP(=O)(O)OCC[N+](C)(C)C)NC(=O)CCCCCCCCCCCCCCCCCCCCCCCCC/C=C\C/C=C\CCCCCCC. The summed E-state index contributed by atoms with van der Waals surface area (Å²) in [6, 6.07) is -0.869. The van der Waals surface area contributed by atoms with E-state index < -0.39 is 20.0 Å². The van der Waals surface area contributed by atoms with Crippen LogP contribution in [0.25, 0.3) is 0 Å². The zero-order valence-corrected chi connectivity index (χ0v) is 47.7. The number of nitrogens with one attached hydrogen (secondary N) is 1. The minimum atomic E-state index is -4.35. The normalized spacial score (nSPS) is 14.3. The molecular weight excluding hydrogens is 888 g/mol. The Morgan fingerprint density at radius 1 is 0.486 bits per heavy atom. The number of aliphatic hydroxyl groups is 1. The van der Waals surface area contributed by atoms with Gasteiger partial charge in [-0.25, -0.2) is 4.57 Å². The van der Waals surface area contributed by atoms with Gasteiger partial charge < -0.3 is 19.8 Å². The molecule has 0 bridgehead atoms. The van der Waals surface area contributed by atoms with Gasteiger partial charge in [0.15, 0.2) is 0 Å². The number of rotatable bonds is 54. The molecular formula is C61H116N2O6P+. The van der Waals surface area contributed by atoms with Crippen LogP contribution in [0.3, 0.4) is 0 Å². The van der Waals surface area contributed by atoms with Gasteiger partial charge in [0.2, 0.25) is 5.91 Å². The summed E-state index contributed by atoms with van der Waals surface area (Å²) < 4.78 is 23.6. The average Bonchev–Trinajstić information content (AvgIpc) is 3.32. The molecule has 3 N–H and O–H groups in total. The fourth-order valence-electron chi connectivity index (χ4n) is 8.52. The Labute approximate surface area is 434 Å². The Hall–Kier alpha value is -1.80. The highest BCUT2D eigenvalue weighted by Gasteiger charge is 2.27. The van der Waals surface area contributed by atoms with Gasteiger partial charge in [0.1, 0.15) is 13.2 Å². The maximum atomic E-state index is 12.9. The number of unbranched alkanes of at least 4 members (excludes halogenated alkanes) is 33. The summed E-state index contributed by atoms with van der Waals surface area (Å²) >= 11 is 0. The molecule has 8 nitrogen and oxygen atoms in total. The number of amides is 1. The number of hydrogen-bond donors (Lipinski definition) is 3. The maximum Gasteiger partial charge on any atom is 0.472 e. The number of phosphoric ester groups is 1. The third kappa shape index (κ3) is 54.0. The predicted octanol–water partition coefficient (Wildman–Crippen LogP) is 18.1. The van der Waals surface area contributed by atoms with E-state index in [-0.39, 0.29) is 19.1 Å². The Balaban J connectivity index is 3.98. The summed E-state index contributed by atoms with van der Waals surface area (Å²) in [4.78, 5) is 23.2. The van der Waals surface area contributed by atoms with Crippen LogP contribution in [0.4, 0.5) is 0 Å². The second-order valence-electron chi connectivity index (χ2n) is 21.3. The number of aliphatic hydroxyl groups excluding tert-OH is 1. The molecule has 1 amide bonds. The first kappa shape index (κ1) is 68.2. The molecule has 0 aliphatic heterocycles. The van der Waals surface area contributed by atoms with Gasteiger partial charge >= 0.3 is 7.82 Å². The van der Waals surface area contributed by atoms with E-state index in [9.17, 15) is 19.4 Å². The van der Waals surface area contributed by atoms with E-state index in [0.717, 1.165) is 57.8 Å². The standard InChI is InChI=1S/C61H115N2O6P/c1-6-8-10-12-14-16-18-20-21-22-23-24-25-26-27-28-29-30-31-32-33-34-35-36-37-38-39-40-41-43-45-47-49-51-53-55-61(65)62-59(58-69-70(66,67)68-57-56-63(3,4)5)60(64)54-52-50-48-46-44-42-19-17-15-13-11-9-7-2/h15,17-18,20,22-23,44,46,52,54,59-60,64H,6-14,16,19,21,24-43,45,47-51,53,55-58H2,1-5H3,(H-,62,65,66,67)/p+1/b17-15+,20-18-,23-22-,46-44+,54-52+. The zero-order valence-electron chi connectivity index (χ0n) is 46.8. The minimum Gasteiger partial charge on any atom is -0.387 e. The molecule has 0 aromatic heterocycles. The van der Waals surface area contributed by atoms with Gasteiger partial charge in [-0.15, -0.1) is 0 Å². The van der Waals surface area contributed by atoms with Crippen LogP contribution in [0.1, 0.15) is 271 Å². The number of likely N-dealkylation sites (N-methyl/N-ethyl adjacent to an activating group) is 1. The molecule has 3 unspecified atom stereocenters. The van der Waals surface area contributed by atoms with Crippen LogP contribution in [-0.2, 0) is 18.4 Å². The topological polar surface area (TPSA) is 105 Å². The molecule has 70 heavy (non-hydrogen) atoms. The second kappa shape index (κ2) is 52.1. The number of carbonyl (C=O) groups excluding carboxylic acids is 1. The van der Waals surface area contributed by atoms with E-state index in [0.29, 0.717) is 17.4 Å². The minimum absolute atomic E-state index is 0.0533.